The van der Waals surface area contributed by atoms with Crippen LogP contribution in [-0.2, 0) is 6.18 Å². The highest BCUT2D eigenvalue weighted by atomic mass is 35.5. The van der Waals surface area contributed by atoms with E-state index in [4.69, 9.17) is 23.2 Å². The molecule has 25 heavy (non-hydrogen) atoms. The highest BCUT2D eigenvalue weighted by molar-refractivity contribution is 6.31. The Hall–Kier alpha value is -2.25. The smallest absolute Gasteiger partial charge is 0.253 e. The Bertz CT molecular complexity index is 928. The van der Waals surface area contributed by atoms with Crippen molar-refractivity contribution in [3.05, 3.63) is 64.2 Å². The van der Waals surface area contributed by atoms with Gasteiger partial charge in [-0.15, -0.1) is 0 Å². The first kappa shape index (κ1) is 17.6. The lowest BCUT2D eigenvalue weighted by atomic mass is 10.1. The molecule has 0 atom stereocenters. The molecule has 3 rings (SSSR count). The van der Waals surface area contributed by atoms with Crippen LogP contribution in [0.1, 0.15) is 5.56 Å². The van der Waals surface area contributed by atoms with Crippen LogP contribution >= 0.6 is 23.2 Å². The van der Waals surface area contributed by atoms with Crippen LogP contribution in [0.3, 0.4) is 0 Å². The van der Waals surface area contributed by atoms with E-state index in [1.54, 1.807) is 6.07 Å². The second-order valence-corrected chi connectivity index (χ2v) is 5.75. The number of nitrogens with zero attached hydrogens (tertiary/aromatic N) is 3. The average molecular weight is 388 g/mol. The number of pyridine rings is 1. The van der Waals surface area contributed by atoms with Gasteiger partial charge in [0.1, 0.15) is 0 Å². The van der Waals surface area contributed by atoms with Gasteiger partial charge in [0.15, 0.2) is 11.6 Å². The Labute approximate surface area is 149 Å². The first-order chi connectivity index (χ1) is 11.8. The first-order valence-corrected chi connectivity index (χ1v) is 7.53. The molecule has 2 aromatic heterocycles. The third-order valence-corrected chi connectivity index (χ3v) is 3.78. The van der Waals surface area contributed by atoms with Crippen molar-refractivity contribution in [3.8, 4) is 22.8 Å². The zero-order valence-corrected chi connectivity index (χ0v) is 13.7. The van der Waals surface area contributed by atoms with Crippen LogP contribution in [0.5, 0.6) is 0 Å². The summed E-state index contributed by atoms with van der Waals surface area (Å²) in [5.74, 6) is -1.68. The van der Waals surface area contributed by atoms with Crippen molar-refractivity contribution in [1.82, 2.24) is 15.0 Å². The van der Waals surface area contributed by atoms with Gasteiger partial charge in [0.2, 0.25) is 0 Å². The summed E-state index contributed by atoms with van der Waals surface area (Å²) in [5, 5.41) is -0.0695. The monoisotopic (exact) mass is 387 g/mol. The normalized spacial score (nSPS) is 11.6. The average Bonchev–Trinajstić information content (AvgIpc) is 2.57. The second-order valence-electron chi connectivity index (χ2n) is 4.91. The van der Waals surface area contributed by atoms with Crippen molar-refractivity contribution in [1.29, 1.82) is 0 Å². The molecule has 0 N–H and O–H groups in total. The van der Waals surface area contributed by atoms with Gasteiger partial charge in [0.25, 0.3) is 0 Å². The molecule has 0 aliphatic carbocycles. The number of hydrogen-bond acceptors (Lipinski definition) is 3. The minimum atomic E-state index is -4.79. The first-order valence-electron chi connectivity index (χ1n) is 6.78. The molecule has 0 aliphatic rings. The van der Waals surface area contributed by atoms with Gasteiger partial charge in [-0.05, 0) is 30.3 Å². The molecule has 3 nitrogen and oxygen atoms in total. The summed E-state index contributed by atoms with van der Waals surface area (Å²) in [6, 6.07) is 6.06. The molecule has 1 aromatic carbocycles. The molecule has 0 saturated carbocycles. The van der Waals surface area contributed by atoms with Crippen molar-refractivity contribution >= 4 is 23.2 Å². The summed E-state index contributed by atoms with van der Waals surface area (Å²) in [6.07, 6.45) is -2.22. The van der Waals surface area contributed by atoms with Gasteiger partial charge in [0, 0.05) is 12.4 Å². The van der Waals surface area contributed by atoms with E-state index in [1.807, 2.05) is 0 Å². The van der Waals surface area contributed by atoms with Crippen molar-refractivity contribution < 1.29 is 17.6 Å². The second kappa shape index (κ2) is 6.57. The SMILES string of the molecule is Fc1c(Cl)ccc(C(F)(F)F)c1-c1nccc(-c2ccc(Cl)cn2)n1. The van der Waals surface area contributed by atoms with Crippen LogP contribution in [0, 0.1) is 5.82 Å². The number of aromatic nitrogens is 3. The fourth-order valence-corrected chi connectivity index (χ4v) is 2.42. The molecule has 0 unspecified atom stereocenters. The molecule has 0 radical (unpaired) electrons. The van der Waals surface area contributed by atoms with Crippen LogP contribution in [0.4, 0.5) is 17.6 Å². The molecule has 3 aromatic rings. The minimum Gasteiger partial charge on any atom is -0.253 e. The Kier molecular flexibility index (Phi) is 4.62. The van der Waals surface area contributed by atoms with Crippen LogP contribution < -0.4 is 0 Å². The molecule has 2 heterocycles. The Morgan fingerprint density at radius 1 is 0.880 bits per heavy atom. The van der Waals surface area contributed by atoms with E-state index in [0.717, 1.165) is 6.07 Å². The van der Waals surface area contributed by atoms with Gasteiger partial charge in [0.05, 0.1) is 32.6 Å². The molecule has 0 spiro atoms. The maximum absolute atomic E-state index is 14.3. The molecule has 0 amide bonds. The Morgan fingerprint density at radius 3 is 2.28 bits per heavy atom. The number of benzene rings is 1. The molecular formula is C16H7Cl2F4N3. The molecular weight excluding hydrogens is 381 g/mol. The lowest BCUT2D eigenvalue weighted by Gasteiger charge is -2.14. The number of alkyl halides is 3. The quantitative estimate of drug-likeness (QED) is 0.531. The van der Waals surface area contributed by atoms with Gasteiger partial charge in [-0.25, -0.2) is 14.4 Å². The minimum absolute atomic E-state index is 0.217. The van der Waals surface area contributed by atoms with Crippen LogP contribution in [0.2, 0.25) is 10.0 Å². The lowest BCUT2D eigenvalue weighted by Crippen LogP contribution is -2.10. The molecule has 0 aliphatic heterocycles. The summed E-state index contributed by atoms with van der Waals surface area (Å²) < 4.78 is 54.0. The van der Waals surface area contributed by atoms with Gasteiger partial charge in [-0.3, -0.25) is 4.98 Å². The number of halogens is 6. The topological polar surface area (TPSA) is 38.7 Å². The standard InChI is InChI=1S/C16H7Cl2F4N3/c17-8-1-4-11(24-7-8)12-5-6-23-15(25-12)13-9(16(20,21)22)2-3-10(18)14(13)19/h1-7H. The predicted molar refractivity (Wildman–Crippen MR) is 85.7 cm³/mol. The number of rotatable bonds is 2. The van der Waals surface area contributed by atoms with E-state index >= 15 is 0 Å². The van der Waals surface area contributed by atoms with Crippen LogP contribution in [0.15, 0.2) is 42.7 Å². The Morgan fingerprint density at radius 2 is 1.64 bits per heavy atom. The highest BCUT2D eigenvalue weighted by Gasteiger charge is 2.36. The number of hydrogen-bond donors (Lipinski definition) is 0. The summed E-state index contributed by atoms with van der Waals surface area (Å²) in [5.41, 5.74) is -1.45. The predicted octanol–water partition coefficient (Wildman–Crippen LogP) is 5.67. The highest BCUT2D eigenvalue weighted by Crippen LogP contribution is 2.39. The molecule has 128 valence electrons. The summed E-state index contributed by atoms with van der Waals surface area (Å²) in [6.45, 7) is 0. The fourth-order valence-electron chi connectivity index (χ4n) is 2.15. The van der Waals surface area contributed by atoms with Crippen molar-refractivity contribution in [2.45, 2.75) is 6.18 Å². The molecule has 0 fully saturated rings. The van der Waals surface area contributed by atoms with Gasteiger partial charge in [-0.1, -0.05) is 23.2 Å². The summed E-state index contributed by atoms with van der Waals surface area (Å²) in [4.78, 5) is 11.8. The van der Waals surface area contributed by atoms with E-state index < -0.39 is 34.0 Å². The zero-order chi connectivity index (χ0) is 18.2. The maximum atomic E-state index is 14.3. The third kappa shape index (κ3) is 3.57. The van der Waals surface area contributed by atoms with Crippen molar-refractivity contribution in [2.24, 2.45) is 0 Å². The van der Waals surface area contributed by atoms with Gasteiger partial charge in [-0.2, -0.15) is 13.2 Å². The Balaban J connectivity index is 2.19. The van der Waals surface area contributed by atoms with Crippen molar-refractivity contribution in [3.63, 3.8) is 0 Å². The van der Waals surface area contributed by atoms with Gasteiger partial charge >= 0.3 is 6.18 Å². The summed E-state index contributed by atoms with van der Waals surface area (Å²) >= 11 is 11.4. The molecule has 9 heteroatoms. The van der Waals surface area contributed by atoms with E-state index in [0.29, 0.717) is 16.8 Å². The van der Waals surface area contributed by atoms with Crippen LogP contribution in [0.25, 0.3) is 22.8 Å². The summed E-state index contributed by atoms with van der Waals surface area (Å²) in [7, 11) is 0. The zero-order valence-electron chi connectivity index (χ0n) is 12.2. The molecule has 0 saturated heterocycles. The van der Waals surface area contributed by atoms with Crippen molar-refractivity contribution in [2.75, 3.05) is 0 Å². The van der Waals surface area contributed by atoms with Gasteiger partial charge < -0.3 is 0 Å². The van der Waals surface area contributed by atoms with E-state index in [-0.39, 0.29) is 5.69 Å². The van der Waals surface area contributed by atoms with Crippen LogP contribution in [-0.4, -0.2) is 15.0 Å². The van der Waals surface area contributed by atoms with E-state index in [2.05, 4.69) is 15.0 Å². The third-order valence-electron chi connectivity index (χ3n) is 3.27. The van der Waals surface area contributed by atoms with E-state index in [1.165, 1.54) is 24.5 Å². The fraction of sp³-hybridized carbons (Fsp3) is 0.0625. The van der Waals surface area contributed by atoms with E-state index in [9.17, 15) is 17.6 Å². The largest absolute Gasteiger partial charge is 0.417 e. The lowest BCUT2D eigenvalue weighted by molar-refractivity contribution is -0.137. The maximum Gasteiger partial charge on any atom is 0.417 e. The molecule has 0 bridgehead atoms.